The van der Waals surface area contributed by atoms with E-state index in [9.17, 15) is 28.8 Å². The molecule has 0 aliphatic carbocycles. The second kappa shape index (κ2) is 9.22. The molecule has 0 saturated carbocycles. The van der Waals surface area contributed by atoms with Crippen LogP contribution in [0.15, 0.2) is 23.4 Å². The molecular weight excluding hydrogens is 449 g/mol. The predicted molar refractivity (Wildman–Crippen MR) is 97.0 cm³/mol. The summed E-state index contributed by atoms with van der Waals surface area (Å²) in [5.74, 6) is 0. The van der Waals surface area contributed by atoms with Crippen molar-refractivity contribution in [2.75, 3.05) is 6.61 Å². The molecule has 0 amide bonds. The van der Waals surface area contributed by atoms with Crippen LogP contribution in [0.25, 0.3) is 0 Å². The van der Waals surface area contributed by atoms with Gasteiger partial charge in [-0.05, 0) is 6.07 Å². The maximum absolute atomic E-state index is 10.8. The van der Waals surface area contributed by atoms with Crippen LogP contribution in [0.2, 0.25) is 10.0 Å². The summed E-state index contributed by atoms with van der Waals surface area (Å²) in [6.07, 6.45) is -6.07. The minimum Gasteiger partial charge on any atom is -0.394 e. The van der Waals surface area contributed by atoms with Gasteiger partial charge < -0.3 is 25.2 Å². The van der Waals surface area contributed by atoms with Crippen molar-refractivity contribution >= 4 is 50.4 Å². The van der Waals surface area contributed by atoms with Crippen LogP contribution >= 0.6 is 35.0 Å². The Morgan fingerprint density at radius 3 is 2.48 bits per heavy atom. The topological polar surface area (TPSA) is 166 Å². The first-order valence-electron chi connectivity index (χ1n) is 7.20. The van der Waals surface area contributed by atoms with E-state index in [1.54, 1.807) is 0 Å². The maximum atomic E-state index is 10.8. The quantitative estimate of drug-likeness (QED) is 0.173. The number of benzene rings is 1. The fourth-order valence-electron chi connectivity index (χ4n) is 2.16. The van der Waals surface area contributed by atoms with Crippen molar-refractivity contribution in [1.82, 2.24) is 0 Å². The van der Waals surface area contributed by atoms with Gasteiger partial charge in [-0.2, -0.15) is 8.42 Å². The second-order valence-electron chi connectivity index (χ2n) is 5.32. The van der Waals surface area contributed by atoms with Crippen LogP contribution < -0.4 is 0 Å². The molecule has 0 unspecified atom stereocenters. The first-order valence-corrected chi connectivity index (χ1v) is 10.2. The SMILES string of the molecule is O=S(=O)(O)O/N=C(\S[C@H]1O[C@H](CO)[C@@H](O)[C@H](O)[C@H]1O)c1cccc(Cl)c1Cl. The molecular formula is C13H15Cl2NO9S2. The molecule has 1 fully saturated rings. The molecule has 0 bridgehead atoms. The van der Waals surface area contributed by atoms with Crippen LogP contribution in [0, 0.1) is 0 Å². The standard InChI is InChI=1S/C13H15Cl2NO9S2/c14-6-3-1-2-5(8(6)15)12(16-25-27(21,22)23)26-13-11(20)10(19)9(18)7(4-17)24-13/h1-3,7,9-11,13,17-20H,4H2,(H,21,22,23)/b16-12-/t7-,9-,10+,11-,13-/m1/s1. The molecule has 1 heterocycles. The van der Waals surface area contributed by atoms with E-state index in [-0.39, 0.29) is 20.7 Å². The first-order chi connectivity index (χ1) is 12.5. The summed E-state index contributed by atoms with van der Waals surface area (Å²) in [6, 6.07) is 4.32. The lowest BCUT2D eigenvalue weighted by Gasteiger charge is -2.39. The van der Waals surface area contributed by atoms with Crippen molar-refractivity contribution in [2.45, 2.75) is 29.9 Å². The Hall–Kier alpha value is -0.670. The van der Waals surface area contributed by atoms with Crippen LogP contribution in [0.5, 0.6) is 0 Å². The number of thioether (sulfide) groups is 1. The van der Waals surface area contributed by atoms with Gasteiger partial charge in [0.2, 0.25) is 0 Å². The van der Waals surface area contributed by atoms with Crippen molar-refractivity contribution in [3.63, 3.8) is 0 Å². The highest BCUT2D eigenvalue weighted by Crippen LogP contribution is 2.34. The Bertz CT molecular complexity index is 805. The molecule has 5 N–H and O–H groups in total. The van der Waals surface area contributed by atoms with Crippen molar-refractivity contribution < 1.29 is 42.4 Å². The summed E-state index contributed by atoms with van der Waals surface area (Å²) in [7, 11) is -4.95. The molecule has 0 radical (unpaired) electrons. The summed E-state index contributed by atoms with van der Waals surface area (Å²) < 4.78 is 39.7. The molecule has 14 heteroatoms. The predicted octanol–water partition coefficient (Wildman–Crippen LogP) is 0.00750. The number of aliphatic hydroxyl groups excluding tert-OH is 4. The van der Waals surface area contributed by atoms with Crippen LogP contribution in [0.1, 0.15) is 5.56 Å². The second-order valence-corrected chi connectivity index (χ2v) is 8.19. The number of halogens is 2. The fourth-order valence-corrected chi connectivity index (χ4v) is 3.92. The largest absolute Gasteiger partial charge is 0.466 e. The minimum atomic E-state index is -4.95. The Balaban J connectivity index is 2.38. The van der Waals surface area contributed by atoms with E-state index < -0.39 is 46.9 Å². The third-order valence-electron chi connectivity index (χ3n) is 3.47. The number of rotatable bonds is 5. The molecule has 0 aromatic heterocycles. The third kappa shape index (κ3) is 5.67. The van der Waals surface area contributed by atoms with Gasteiger partial charge >= 0.3 is 10.4 Å². The molecule has 1 saturated heterocycles. The van der Waals surface area contributed by atoms with Crippen molar-refractivity contribution in [3.05, 3.63) is 33.8 Å². The number of aliphatic hydroxyl groups is 4. The summed E-state index contributed by atoms with van der Waals surface area (Å²) in [5.41, 5.74) is -1.23. The van der Waals surface area contributed by atoms with Gasteiger partial charge in [-0.1, -0.05) is 52.3 Å². The fraction of sp³-hybridized carbons (Fsp3) is 0.462. The van der Waals surface area contributed by atoms with Gasteiger partial charge in [-0.25, -0.2) is 4.28 Å². The molecule has 2 rings (SSSR count). The lowest BCUT2D eigenvalue weighted by atomic mass is 10.0. The normalized spacial score (nSPS) is 29.6. The average molecular weight is 464 g/mol. The van der Waals surface area contributed by atoms with Crippen LogP contribution in [-0.4, -0.2) is 74.9 Å². The molecule has 1 aromatic rings. The van der Waals surface area contributed by atoms with Gasteiger partial charge in [0.1, 0.15) is 34.9 Å². The number of hydrogen-bond acceptors (Lipinski definition) is 10. The van der Waals surface area contributed by atoms with Crippen LogP contribution in [0.3, 0.4) is 0 Å². The van der Waals surface area contributed by atoms with E-state index in [1.165, 1.54) is 18.2 Å². The van der Waals surface area contributed by atoms with E-state index in [2.05, 4.69) is 9.44 Å². The third-order valence-corrected chi connectivity index (χ3v) is 5.69. The Morgan fingerprint density at radius 1 is 1.22 bits per heavy atom. The van der Waals surface area contributed by atoms with Crippen LogP contribution in [-0.2, 0) is 19.4 Å². The average Bonchev–Trinajstić information content (AvgIpc) is 2.60. The molecule has 1 aliphatic rings. The molecule has 152 valence electrons. The number of ether oxygens (including phenoxy) is 1. The van der Waals surface area contributed by atoms with E-state index >= 15 is 0 Å². The summed E-state index contributed by atoms with van der Waals surface area (Å²) in [4.78, 5) is 0. The zero-order valence-corrected chi connectivity index (χ0v) is 16.4. The Morgan fingerprint density at radius 2 is 1.89 bits per heavy atom. The van der Waals surface area contributed by atoms with Gasteiger partial charge in [0.25, 0.3) is 0 Å². The zero-order chi connectivity index (χ0) is 20.4. The Kier molecular flexibility index (Phi) is 7.72. The number of hydrogen-bond donors (Lipinski definition) is 5. The monoisotopic (exact) mass is 463 g/mol. The molecule has 1 aromatic carbocycles. The van der Waals surface area contributed by atoms with Gasteiger partial charge in [-0.3, -0.25) is 4.55 Å². The maximum Gasteiger partial charge on any atom is 0.466 e. The lowest BCUT2D eigenvalue weighted by Crippen LogP contribution is -2.57. The van der Waals surface area contributed by atoms with Crippen molar-refractivity contribution in [1.29, 1.82) is 0 Å². The van der Waals surface area contributed by atoms with Gasteiger partial charge in [0.15, 0.2) is 0 Å². The highest BCUT2D eigenvalue weighted by atomic mass is 35.5. The van der Waals surface area contributed by atoms with E-state index in [0.29, 0.717) is 11.8 Å². The molecule has 27 heavy (non-hydrogen) atoms. The number of nitrogens with zero attached hydrogens (tertiary/aromatic N) is 1. The highest BCUT2D eigenvalue weighted by molar-refractivity contribution is 8.14. The summed E-state index contributed by atoms with van der Waals surface area (Å²) >= 11 is 12.6. The first kappa shape index (κ1) is 22.6. The van der Waals surface area contributed by atoms with Gasteiger partial charge in [0.05, 0.1) is 16.7 Å². The van der Waals surface area contributed by atoms with E-state index in [4.69, 9.17) is 32.5 Å². The van der Waals surface area contributed by atoms with Crippen molar-refractivity contribution in [3.8, 4) is 0 Å². The van der Waals surface area contributed by atoms with Crippen molar-refractivity contribution in [2.24, 2.45) is 5.16 Å². The molecule has 0 spiro atoms. The molecule has 10 nitrogen and oxygen atoms in total. The summed E-state index contributed by atoms with van der Waals surface area (Å²) in [6.45, 7) is -0.659. The minimum absolute atomic E-state index is 0.0334. The van der Waals surface area contributed by atoms with Gasteiger partial charge in [-0.15, -0.1) is 0 Å². The zero-order valence-electron chi connectivity index (χ0n) is 13.2. The molecule has 5 atom stereocenters. The smallest absolute Gasteiger partial charge is 0.394 e. The Labute approximate surface area is 168 Å². The molecule has 1 aliphatic heterocycles. The van der Waals surface area contributed by atoms with Gasteiger partial charge in [0, 0.05) is 5.56 Å². The van der Waals surface area contributed by atoms with E-state index in [0.717, 1.165) is 0 Å². The summed E-state index contributed by atoms with van der Waals surface area (Å²) in [5, 5.41) is 42.1. The van der Waals surface area contributed by atoms with E-state index in [1.807, 2.05) is 0 Å². The lowest BCUT2D eigenvalue weighted by molar-refractivity contribution is -0.205. The van der Waals surface area contributed by atoms with Crippen LogP contribution in [0.4, 0.5) is 0 Å². The highest BCUT2D eigenvalue weighted by Gasteiger charge is 2.44. The number of oxime groups is 1.